The molecular weight excluding hydrogens is 292 g/mol. The van der Waals surface area contributed by atoms with E-state index in [0.29, 0.717) is 28.0 Å². The number of benzene rings is 2. The van der Waals surface area contributed by atoms with Gasteiger partial charge in [-0.1, -0.05) is 23.7 Å². The van der Waals surface area contributed by atoms with Crippen LogP contribution in [0.1, 0.15) is 18.6 Å². The van der Waals surface area contributed by atoms with Crippen molar-refractivity contribution in [3.05, 3.63) is 47.0 Å². The number of halogens is 1. The number of aliphatic hydroxyl groups is 1. The van der Waals surface area contributed by atoms with Gasteiger partial charge in [0.25, 0.3) is 0 Å². The van der Waals surface area contributed by atoms with Crippen molar-refractivity contribution in [2.45, 2.75) is 13.0 Å². The lowest BCUT2D eigenvalue weighted by atomic mass is 10.1. The maximum Gasteiger partial charge on any atom is 0.211 e. The Morgan fingerprint density at radius 1 is 1.00 bits per heavy atom. The van der Waals surface area contributed by atoms with Crippen molar-refractivity contribution < 1.29 is 19.3 Å². The van der Waals surface area contributed by atoms with Gasteiger partial charge in [0.05, 0.1) is 25.3 Å². The lowest BCUT2D eigenvalue weighted by molar-refractivity contribution is 0.199. The molecule has 0 spiro atoms. The summed E-state index contributed by atoms with van der Waals surface area (Å²) in [6.07, 6.45) is -0.586. The summed E-state index contributed by atoms with van der Waals surface area (Å²) in [4.78, 5) is 0. The minimum atomic E-state index is -0.586. The summed E-state index contributed by atoms with van der Waals surface area (Å²) in [6.45, 7) is 1.68. The van der Waals surface area contributed by atoms with Gasteiger partial charge in [0.15, 0.2) is 11.5 Å². The average molecular weight is 309 g/mol. The Labute approximate surface area is 128 Å². The van der Waals surface area contributed by atoms with Gasteiger partial charge < -0.3 is 19.3 Å². The molecule has 5 heteroatoms. The highest BCUT2D eigenvalue weighted by Gasteiger charge is 2.15. The minimum Gasteiger partial charge on any atom is -0.493 e. The van der Waals surface area contributed by atoms with Crippen LogP contribution in [0.2, 0.25) is 5.02 Å². The second kappa shape index (κ2) is 6.70. The molecule has 2 rings (SSSR count). The van der Waals surface area contributed by atoms with Gasteiger partial charge >= 0.3 is 0 Å². The molecule has 2 aromatic carbocycles. The van der Waals surface area contributed by atoms with E-state index in [1.165, 1.54) is 0 Å². The molecule has 0 radical (unpaired) electrons. The predicted molar refractivity (Wildman–Crippen MR) is 81.7 cm³/mol. The van der Waals surface area contributed by atoms with Crippen LogP contribution in [-0.2, 0) is 0 Å². The van der Waals surface area contributed by atoms with E-state index in [9.17, 15) is 5.11 Å². The number of aliphatic hydroxyl groups excluding tert-OH is 1. The standard InChI is InChI=1S/C16H17ClO4/c1-10(18)11-7-8-13(12(17)9-11)21-16-14(19-2)5-4-6-15(16)20-3/h4-10,18H,1-3H3. The molecular formula is C16H17ClO4. The highest BCUT2D eigenvalue weighted by atomic mass is 35.5. The van der Waals surface area contributed by atoms with Crippen LogP contribution in [-0.4, -0.2) is 19.3 Å². The van der Waals surface area contributed by atoms with Crippen molar-refractivity contribution in [1.82, 2.24) is 0 Å². The first-order valence-electron chi connectivity index (χ1n) is 6.43. The zero-order chi connectivity index (χ0) is 15.4. The molecule has 0 amide bonds. The average Bonchev–Trinajstić information content (AvgIpc) is 2.49. The molecule has 1 unspecified atom stereocenters. The molecule has 2 aromatic rings. The molecule has 112 valence electrons. The van der Waals surface area contributed by atoms with E-state index in [1.807, 2.05) is 6.07 Å². The van der Waals surface area contributed by atoms with Gasteiger partial charge in [-0.15, -0.1) is 0 Å². The van der Waals surface area contributed by atoms with Crippen molar-refractivity contribution in [2.24, 2.45) is 0 Å². The number of hydrogen-bond donors (Lipinski definition) is 1. The monoisotopic (exact) mass is 308 g/mol. The Morgan fingerprint density at radius 2 is 1.62 bits per heavy atom. The summed E-state index contributed by atoms with van der Waals surface area (Å²) in [6, 6.07) is 10.5. The normalized spacial score (nSPS) is 11.9. The largest absolute Gasteiger partial charge is 0.493 e. The zero-order valence-corrected chi connectivity index (χ0v) is 12.8. The highest BCUT2D eigenvalue weighted by Crippen LogP contribution is 2.42. The van der Waals surface area contributed by atoms with Gasteiger partial charge in [-0.3, -0.25) is 0 Å². The summed E-state index contributed by atoms with van der Waals surface area (Å²) in [7, 11) is 3.11. The van der Waals surface area contributed by atoms with Gasteiger partial charge in [-0.05, 0) is 36.8 Å². The number of methoxy groups -OCH3 is 2. The second-order valence-corrected chi connectivity index (χ2v) is 4.87. The summed E-state index contributed by atoms with van der Waals surface area (Å²) in [5, 5.41) is 9.96. The van der Waals surface area contributed by atoms with Crippen LogP contribution < -0.4 is 14.2 Å². The van der Waals surface area contributed by atoms with E-state index in [1.54, 1.807) is 51.5 Å². The van der Waals surface area contributed by atoms with Crippen molar-refractivity contribution in [3.8, 4) is 23.0 Å². The first kappa shape index (κ1) is 15.5. The van der Waals surface area contributed by atoms with Gasteiger partial charge in [-0.2, -0.15) is 0 Å². The SMILES string of the molecule is COc1cccc(OC)c1Oc1ccc(C(C)O)cc1Cl. The van der Waals surface area contributed by atoms with Gasteiger partial charge in [0, 0.05) is 0 Å². The molecule has 4 nitrogen and oxygen atoms in total. The van der Waals surface area contributed by atoms with Gasteiger partial charge in [0.2, 0.25) is 5.75 Å². The molecule has 1 N–H and O–H groups in total. The minimum absolute atomic E-state index is 0.404. The lowest BCUT2D eigenvalue weighted by Crippen LogP contribution is -1.96. The smallest absolute Gasteiger partial charge is 0.211 e. The van der Waals surface area contributed by atoms with Crippen LogP contribution >= 0.6 is 11.6 Å². The maximum absolute atomic E-state index is 9.55. The van der Waals surface area contributed by atoms with Crippen molar-refractivity contribution in [2.75, 3.05) is 14.2 Å². The lowest BCUT2D eigenvalue weighted by Gasteiger charge is -2.15. The summed E-state index contributed by atoms with van der Waals surface area (Å²) in [5.74, 6) is 2.01. The first-order valence-corrected chi connectivity index (χ1v) is 6.81. The molecule has 21 heavy (non-hydrogen) atoms. The molecule has 0 fully saturated rings. The fraction of sp³-hybridized carbons (Fsp3) is 0.250. The van der Waals surface area contributed by atoms with Crippen LogP contribution in [0.5, 0.6) is 23.0 Å². The van der Waals surface area contributed by atoms with E-state index >= 15 is 0 Å². The number of rotatable bonds is 5. The third-order valence-electron chi connectivity index (χ3n) is 3.03. The van der Waals surface area contributed by atoms with E-state index in [-0.39, 0.29) is 0 Å². The van der Waals surface area contributed by atoms with Gasteiger partial charge in [0.1, 0.15) is 5.75 Å². The van der Waals surface area contributed by atoms with Crippen molar-refractivity contribution in [1.29, 1.82) is 0 Å². The number of para-hydroxylation sites is 1. The quantitative estimate of drug-likeness (QED) is 0.899. The molecule has 0 aliphatic heterocycles. The summed E-state index contributed by atoms with van der Waals surface area (Å²) in [5.41, 5.74) is 0.722. The topological polar surface area (TPSA) is 47.9 Å². The Hall–Kier alpha value is -1.91. The third-order valence-corrected chi connectivity index (χ3v) is 3.33. The fourth-order valence-electron chi connectivity index (χ4n) is 1.89. The van der Waals surface area contributed by atoms with E-state index < -0.39 is 6.10 Å². The van der Waals surface area contributed by atoms with Crippen molar-refractivity contribution >= 4 is 11.6 Å². The van der Waals surface area contributed by atoms with E-state index in [0.717, 1.165) is 5.56 Å². The molecule has 0 bridgehead atoms. The fourth-order valence-corrected chi connectivity index (χ4v) is 2.12. The molecule has 0 saturated heterocycles. The summed E-state index contributed by atoms with van der Waals surface area (Å²) >= 11 is 6.20. The van der Waals surface area contributed by atoms with Crippen LogP contribution in [0, 0.1) is 0 Å². The maximum atomic E-state index is 9.55. The number of hydrogen-bond acceptors (Lipinski definition) is 4. The van der Waals surface area contributed by atoms with Crippen LogP contribution in [0.25, 0.3) is 0 Å². The first-order chi connectivity index (χ1) is 10.1. The molecule has 0 aliphatic carbocycles. The Balaban J connectivity index is 2.38. The number of ether oxygens (including phenoxy) is 3. The Morgan fingerprint density at radius 3 is 2.10 bits per heavy atom. The van der Waals surface area contributed by atoms with E-state index in [4.69, 9.17) is 25.8 Å². The summed E-state index contributed by atoms with van der Waals surface area (Å²) < 4.78 is 16.4. The molecule has 1 atom stereocenters. The van der Waals surface area contributed by atoms with Gasteiger partial charge in [-0.25, -0.2) is 0 Å². The highest BCUT2D eigenvalue weighted by molar-refractivity contribution is 6.32. The van der Waals surface area contributed by atoms with E-state index in [2.05, 4.69) is 0 Å². The Kier molecular flexibility index (Phi) is 4.94. The zero-order valence-electron chi connectivity index (χ0n) is 12.1. The molecule has 0 heterocycles. The van der Waals surface area contributed by atoms with Crippen molar-refractivity contribution in [3.63, 3.8) is 0 Å². The van der Waals surface area contributed by atoms with Crippen LogP contribution in [0.15, 0.2) is 36.4 Å². The second-order valence-electron chi connectivity index (χ2n) is 4.46. The predicted octanol–water partition coefficient (Wildman–Crippen LogP) is 4.20. The molecule has 0 saturated carbocycles. The third kappa shape index (κ3) is 3.40. The van der Waals surface area contributed by atoms with Crippen LogP contribution in [0.4, 0.5) is 0 Å². The molecule has 0 aromatic heterocycles. The van der Waals surface area contributed by atoms with Crippen LogP contribution in [0.3, 0.4) is 0 Å². The Bertz CT molecular complexity index is 603. The molecule has 0 aliphatic rings.